The summed E-state index contributed by atoms with van der Waals surface area (Å²) >= 11 is 0. The van der Waals surface area contributed by atoms with E-state index < -0.39 is 8.07 Å². The first kappa shape index (κ1) is 32.0. The minimum Gasteiger partial charge on any atom is -0.0708 e. The average Bonchev–Trinajstić information content (AvgIpc) is 3.59. The fraction of sp³-hybridized carbons (Fsp3) is 0.227. The van der Waals surface area contributed by atoms with Crippen LogP contribution in [0.1, 0.15) is 97.8 Å². The van der Waals surface area contributed by atoms with Crippen molar-refractivity contribution in [3.63, 3.8) is 0 Å². The van der Waals surface area contributed by atoms with Gasteiger partial charge in [0, 0.05) is 21.3 Å². The van der Waals surface area contributed by atoms with Gasteiger partial charge in [-0.1, -0.05) is 194 Å². The molecule has 0 aliphatic heterocycles. The van der Waals surface area contributed by atoms with Gasteiger partial charge in [-0.25, -0.2) is 0 Å². The first-order chi connectivity index (χ1) is 22.2. The molecule has 0 radical (unpaired) electrons. The lowest BCUT2D eigenvalue weighted by atomic mass is 9.95. The zero-order valence-corrected chi connectivity index (χ0v) is 31.6. The van der Waals surface area contributed by atoms with Crippen LogP contribution in [0.15, 0.2) is 139 Å². The van der Waals surface area contributed by atoms with Crippen LogP contribution in [0.25, 0.3) is 12.2 Å². The van der Waals surface area contributed by atoms with Gasteiger partial charge in [-0.3, -0.25) is 0 Å². The molecule has 2 aliphatic rings. The van der Waals surface area contributed by atoms with Gasteiger partial charge < -0.3 is 0 Å². The molecule has 7 rings (SSSR count). The molecule has 5 aromatic rings. The van der Waals surface area contributed by atoms with Crippen LogP contribution in [0.3, 0.4) is 0 Å². The maximum Gasteiger partial charge on any atom is 0.140 e. The van der Waals surface area contributed by atoms with Crippen LogP contribution in [-0.4, -0.2) is 18.3 Å². The molecule has 0 fully saturated rings. The lowest BCUT2D eigenvalue weighted by Gasteiger charge is -2.45. The fourth-order valence-corrected chi connectivity index (χ4v) is 15.3. The molecule has 5 aromatic carbocycles. The Morgan fingerprint density at radius 2 is 0.848 bits per heavy atom. The molecule has 2 aliphatic carbocycles. The van der Waals surface area contributed by atoms with E-state index in [1.807, 2.05) is 6.07 Å². The lowest BCUT2D eigenvalue weighted by molar-refractivity contribution is 0.858. The molecule has 232 valence electrons. The summed E-state index contributed by atoms with van der Waals surface area (Å²) in [7, 11) is -1.39. The molecule has 0 saturated heterocycles. The Balaban J connectivity index is 0.000000471. The predicted molar refractivity (Wildman–Crippen MR) is 208 cm³/mol. The van der Waals surface area contributed by atoms with Gasteiger partial charge in [0.2, 0.25) is 0 Å². The van der Waals surface area contributed by atoms with E-state index in [0.717, 1.165) is 0 Å². The van der Waals surface area contributed by atoms with Crippen molar-refractivity contribution in [1.29, 1.82) is 0 Å². The Kier molecular flexibility index (Phi) is 9.31. The van der Waals surface area contributed by atoms with E-state index in [1.165, 1.54) is 70.3 Å². The van der Waals surface area contributed by atoms with Crippen molar-refractivity contribution in [2.75, 3.05) is 0 Å². The topological polar surface area (TPSA) is 0 Å². The average molecular weight is 633 g/mol. The molecule has 2 atom stereocenters. The van der Waals surface area contributed by atoms with Crippen LogP contribution in [0.2, 0.25) is 0 Å². The second-order valence-corrected chi connectivity index (χ2v) is 19.1. The molecular formula is C44H48Si2. The Morgan fingerprint density at radius 3 is 1.17 bits per heavy atom. The molecule has 0 N–H and O–H groups in total. The quantitative estimate of drug-likeness (QED) is 0.164. The Hall–Kier alpha value is -3.99. The Bertz CT molecular complexity index is 1740. The van der Waals surface area contributed by atoms with E-state index in [0.29, 0.717) is 22.9 Å². The Morgan fingerprint density at radius 1 is 0.478 bits per heavy atom. The smallest absolute Gasteiger partial charge is 0.0708 e. The molecule has 0 spiro atoms. The number of benzene rings is 5. The first-order valence-electron chi connectivity index (χ1n) is 17.0. The molecule has 2 heteroatoms. The number of allylic oxidation sites excluding steroid dienone is 2. The molecule has 0 aromatic heterocycles. The van der Waals surface area contributed by atoms with Gasteiger partial charge in [0.05, 0.1) is 0 Å². The van der Waals surface area contributed by atoms with Crippen molar-refractivity contribution in [2.24, 2.45) is 0 Å². The summed E-state index contributed by atoms with van der Waals surface area (Å²) < 4.78 is 0. The van der Waals surface area contributed by atoms with E-state index in [1.54, 1.807) is 0 Å². The van der Waals surface area contributed by atoms with Crippen LogP contribution < -0.4 is 15.6 Å². The lowest BCUT2D eigenvalue weighted by Crippen LogP contribution is -2.67. The second-order valence-electron chi connectivity index (χ2n) is 13.9. The van der Waals surface area contributed by atoms with Crippen LogP contribution in [0.4, 0.5) is 0 Å². The number of rotatable bonds is 6. The number of hydrogen-bond donors (Lipinski definition) is 0. The summed E-state index contributed by atoms with van der Waals surface area (Å²) in [5.41, 5.74) is 12.7. The van der Waals surface area contributed by atoms with Gasteiger partial charge in [0.15, 0.2) is 0 Å². The van der Waals surface area contributed by atoms with Crippen LogP contribution in [-0.2, 0) is 0 Å². The van der Waals surface area contributed by atoms with Crippen molar-refractivity contribution < 1.29 is 0 Å². The van der Waals surface area contributed by atoms with Gasteiger partial charge in [-0.15, -0.1) is 0 Å². The molecule has 0 nitrogen and oxygen atoms in total. The summed E-state index contributed by atoms with van der Waals surface area (Å²) in [6, 6.07) is 47.8. The van der Waals surface area contributed by atoms with E-state index in [-0.39, 0.29) is 0 Å². The number of hydrogen-bond acceptors (Lipinski definition) is 0. The van der Waals surface area contributed by atoms with Gasteiger partial charge in [0.25, 0.3) is 0 Å². The second kappa shape index (κ2) is 13.4. The molecule has 0 amide bonds. The summed E-state index contributed by atoms with van der Waals surface area (Å²) in [6.45, 7) is 14.1. The summed E-state index contributed by atoms with van der Waals surface area (Å²) in [6.07, 6.45) is 5.06. The maximum absolute atomic E-state index is 2.56. The molecule has 0 bridgehead atoms. The minimum atomic E-state index is -2.56. The van der Waals surface area contributed by atoms with Crippen LogP contribution in [0.5, 0.6) is 0 Å². The molecule has 0 heterocycles. The van der Waals surface area contributed by atoms with Crippen molar-refractivity contribution in [3.8, 4) is 0 Å². The first-order valence-corrected chi connectivity index (χ1v) is 20.1. The summed E-state index contributed by atoms with van der Waals surface area (Å²) in [4.78, 5) is 0. The van der Waals surface area contributed by atoms with E-state index in [2.05, 4.69) is 175 Å². The van der Waals surface area contributed by atoms with E-state index in [9.17, 15) is 0 Å². The predicted octanol–water partition coefficient (Wildman–Crippen LogP) is 8.65. The molecule has 2 unspecified atom stereocenters. The highest BCUT2D eigenvalue weighted by Gasteiger charge is 2.55. The molecule has 0 saturated carbocycles. The third-order valence-corrected chi connectivity index (χ3v) is 16.8. The van der Waals surface area contributed by atoms with Crippen molar-refractivity contribution in [1.82, 2.24) is 0 Å². The highest BCUT2D eigenvalue weighted by Crippen LogP contribution is 2.53. The summed E-state index contributed by atoms with van der Waals surface area (Å²) in [5, 5.41) is 4.51. The van der Waals surface area contributed by atoms with Crippen molar-refractivity contribution >= 4 is 46.0 Å². The monoisotopic (exact) mass is 632 g/mol. The largest absolute Gasteiger partial charge is 0.140 e. The zero-order chi connectivity index (χ0) is 32.4. The van der Waals surface area contributed by atoms with Gasteiger partial charge in [0.1, 0.15) is 8.07 Å². The normalized spacial score (nSPS) is 16.9. The molecule has 46 heavy (non-hydrogen) atoms. The summed E-state index contributed by atoms with van der Waals surface area (Å²) in [5.74, 6) is 0.990. The third-order valence-electron chi connectivity index (χ3n) is 10.2. The maximum atomic E-state index is 2.53. The minimum absolute atomic E-state index is 0.359. The standard InChI is InChI=1S/C38H40Si.C6H8Si/c1-25(2)31-19-13-21-33-35(31)23-27(5)37(33)39(29-15-9-7-10-16-29,30-17-11-8-12-18-30)38-28(6)24-36-32(26(3)4)20-14-22-34(36)38;7-6-4-2-1-3-5-6/h7-26,37-38H,1-6H3;1-5H,7H3. The van der Waals surface area contributed by atoms with Crippen molar-refractivity contribution in [2.45, 2.75) is 64.5 Å². The fourth-order valence-electron chi connectivity index (χ4n) is 8.33. The van der Waals surface area contributed by atoms with Gasteiger partial charge in [-0.2, -0.15) is 0 Å². The van der Waals surface area contributed by atoms with Crippen LogP contribution in [0, 0.1) is 0 Å². The number of fused-ring (bicyclic) bond motifs is 2. The van der Waals surface area contributed by atoms with Crippen molar-refractivity contribution in [3.05, 3.63) is 172 Å². The van der Waals surface area contributed by atoms with Gasteiger partial charge >= 0.3 is 0 Å². The zero-order valence-electron chi connectivity index (χ0n) is 28.6. The highest BCUT2D eigenvalue weighted by atomic mass is 28.3. The third kappa shape index (κ3) is 5.63. The highest BCUT2D eigenvalue weighted by molar-refractivity contribution is 7.05. The van der Waals surface area contributed by atoms with Gasteiger partial charge in [-0.05, 0) is 59.1 Å². The molecular weight excluding hydrogens is 585 g/mol. The Labute approximate surface area is 281 Å². The van der Waals surface area contributed by atoms with E-state index >= 15 is 0 Å². The van der Waals surface area contributed by atoms with E-state index in [4.69, 9.17) is 0 Å². The van der Waals surface area contributed by atoms with Crippen LogP contribution >= 0.6 is 0 Å². The SMILES string of the molecule is CC1=Cc2c(C(C)C)cccc2C1[Si](c1ccccc1)(c1ccccc1)C1C(C)=Cc2c(C(C)C)cccc21.[SiH3]c1ccccc1.